The summed E-state index contributed by atoms with van der Waals surface area (Å²) in [5, 5.41) is 3.43. The van der Waals surface area contributed by atoms with Crippen LogP contribution in [0.15, 0.2) is 29.0 Å². The lowest BCUT2D eigenvalue weighted by Gasteiger charge is -2.11. The standard InChI is InChI=1S/C14H19BrN4/c1-10(8-16)3-2-5-17-12-4-6-18-13-7-11(15)9-19-14(12)13/h4,6-7,9-10H,2-3,5,8,16H2,1H3,(H,17,18). The van der Waals surface area contributed by atoms with Crippen molar-refractivity contribution < 1.29 is 0 Å². The minimum atomic E-state index is 0.588. The number of nitrogens with one attached hydrogen (secondary N) is 1. The van der Waals surface area contributed by atoms with Gasteiger partial charge in [-0.15, -0.1) is 0 Å². The number of aromatic nitrogens is 2. The lowest BCUT2D eigenvalue weighted by Crippen LogP contribution is -2.12. The van der Waals surface area contributed by atoms with E-state index in [1.807, 2.05) is 12.1 Å². The summed E-state index contributed by atoms with van der Waals surface area (Å²) < 4.78 is 0.946. The normalized spacial score (nSPS) is 12.6. The average molecular weight is 323 g/mol. The molecule has 5 heteroatoms. The molecule has 0 spiro atoms. The van der Waals surface area contributed by atoms with Crippen LogP contribution in [0.1, 0.15) is 19.8 Å². The van der Waals surface area contributed by atoms with E-state index in [1.165, 1.54) is 0 Å². The van der Waals surface area contributed by atoms with Gasteiger partial charge in [-0.3, -0.25) is 9.97 Å². The van der Waals surface area contributed by atoms with Crippen molar-refractivity contribution in [2.75, 3.05) is 18.4 Å². The van der Waals surface area contributed by atoms with Crippen molar-refractivity contribution in [2.45, 2.75) is 19.8 Å². The van der Waals surface area contributed by atoms with E-state index in [9.17, 15) is 0 Å². The number of hydrogen-bond donors (Lipinski definition) is 2. The summed E-state index contributed by atoms with van der Waals surface area (Å²) >= 11 is 3.41. The van der Waals surface area contributed by atoms with Crippen LogP contribution in [0.5, 0.6) is 0 Å². The van der Waals surface area contributed by atoms with E-state index in [0.717, 1.165) is 47.1 Å². The fraction of sp³-hybridized carbons (Fsp3) is 0.429. The van der Waals surface area contributed by atoms with Gasteiger partial charge >= 0.3 is 0 Å². The number of anilines is 1. The van der Waals surface area contributed by atoms with E-state index in [1.54, 1.807) is 12.4 Å². The summed E-state index contributed by atoms with van der Waals surface area (Å²) in [4.78, 5) is 8.74. The zero-order chi connectivity index (χ0) is 13.7. The maximum absolute atomic E-state index is 5.61. The van der Waals surface area contributed by atoms with Crippen LogP contribution in [0.2, 0.25) is 0 Å². The molecule has 0 bridgehead atoms. The second kappa shape index (κ2) is 6.82. The monoisotopic (exact) mass is 322 g/mol. The molecule has 1 unspecified atom stereocenters. The molecule has 0 amide bonds. The first-order chi connectivity index (χ1) is 9.20. The first kappa shape index (κ1) is 14.2. The molecule has 2 aromatic rings. The lowest BCUT2D eigenvalue weighted by molar-refractivity contribution is 0.529. The molecule has 102 valence electrons. The molecular formula is C14H19BrN4. The molecule has 0 fully saturated rings. The highest BCUT2D eigenvalue weighted by molar-refractivity contribution is 9.10. The minimum absolute atomic E-state index is 0.588. The Kier molecular flexibility index (Phi) is 5.10. The molecule has 0 aromatic carbocycles. The van der Waals surface area contributed by atoms with Gasteiger partial charge in [0.05, 0.1) is 11.2 Å². The van der Waals surface area contributed by atoms with E-state index in [-0.39, 0.29) is 0 Å². The molecule has 4 nitrogen and oxygen atoms in total. The Morgan fingerprint density at radius 2 is 2.26 bits per heavy atom. The van der Waals surface area contributed by atoms with Crippen LogP contribution in [-0.2, 0) is 0 Å². The minimum Gasteiger partial charge on any atom is -0.383 e. The van der Waals surface area contributed by atoms with Gasteiger partial charge < -0.3 is 11.1 Å². The Bertz CT molecular complexity index is 544. The number of rotatable bonds is 6. The maximum Gasteiger partial charge on any atom is 0.112 e. The predicted molar refractivity (Wildman–Crippen MR) is 83.2 cm³/mol. The van der Waals surface area contributed by atoms with Crippen molar-refractivity contribution in [3.63, 3.8) is 0 Å². The van der Waals surface area contributed by atoms with Crippen molar-refractivity contribution in [1.29, 1.82) is 0 Å². The van der Waals surface area contributed by atoms with Crippen LogP contribution >= 0.6 is 15.9 Å². The number of nitrogens with zero attached hydrogens (tertiary/aromatic N) is 2. The van der Waals surface area contributed by atoms with Gasteiger partial charge in [-0.25, -0.2) is 0 Å². The largest absolute Gasteiger partial charge is 0.383 e. The molecular weight excluding hydrogens is 304 g/mol. The van der Waals surface area contributed by atoms with Crippen molar-refractivity contribution in [1.82, 2.24) is 9.97 Å². The first-order valence-electron chi connectivity index (χ1n) is 6.55. The Morgan fingerprint density at radius 3 is 3.05 bits per heavy atom. The molecule has 3 N–H and O–H groups in total. The van der Waals surface area contributed by atoms with Gasteiger partial charge in [0, 0.05) is 23.4 Å². The molecule has 2 rings (SSSR count). The molecule has 0 aliphatic rings. The Balaban J connectivity index is 2.01. The molecule has 2 heterocycles. The molecule has 0 saturated carbocycles. The van der Waals surface area contributed by atoms with Crippen LogP contribution in [0.3, 0.4) is 0 Å². The fourth-order valence-electron chi connectivity index (χ4n) is 1.94. The smallest absolute Gasteiger partial charge is 0.112 e. The van der Waals surface area contributed by atoms with Crippen LogP contribution in [0.4, 0.5) is 5.69 Å². The summed E-state index contributed by atoms with van der Waals surface area (Å²) in [5.74, 6) is 0.588. The number of pyridine rings is 2. The van der Waals surface area contributed by atoms with Crippen LogP contribution < -0.4 is 11.1 Å². The number of hydrogen-bond acceptors (Lipinski definition) is 4. The third-order valence-electron chi connectivity index (χ3n) is 3.14. The fourth-order valence-corrected chi connectivity index (χ4v) is 2.26. The molecule has 0 aliphatic heterocycles. The summed E-state index contributed by atoms with van der Waals surface area (Å²) in [6, 6.07) is 3.94. The summed E-state index contributed by atoms with van der Waals surface area (Å²) in [6.45, 7) is 3.87. The third kappa shape index (κ3) is 3.88. The summed E-state index contributed by atoms with van der Waals surface area (Å²) in [6.07, 6.45) is 5.86. The maximum atomic E-state index is 5.61. The topological polar surface area (TPSA) is 63.8 Å². The van der Waals surface area contributed by atoms with Crippen molar-refractivity contribution in [3.8, 4) is 0 Å². The zero-order valence-electron chi connectivity index (χ0n) is 11.1. The molecule has 0 radical (unpaired) electrons. The van der Waals surface area contributed by atoms with Crippen molar-refractivity contribution in [3.05, 3.63) is 29.0 Å². The highest BCUT2D eigenvalue weighted by Crippen LogP contribution is 2.22. The first-order valence-corrected chi connectivity index (χ1v) is 7.34. The van der Waals surface area contributed by atoms with Gasteiger partial charge in [0.25, 0.3) is 0 Å². The zero-order valence-corrected chi connectivity index (χ0v) is 12.7. The molecule has 2 aromatic heterocycles. The SMILES string of the molecule is CC(CN)CCCNc1ccnc2cc(Br)cnc12. The summed E-state index contributed by atoms with van der Waals surface area (Å²) in [5.41, 5.74) is 8.46. The third-order valence-corrected chi connectivity index (χ3v) is 3.57. The van der Waals surface area contributed by atoms with E-state index >= 15 is 0 Å². The van der Waals surface area contributed by atoms with Gasteiger partial charge in [-0.2, -0.15) is 0 Å². The average Bonchev–Trinajstić information content (AvgIpc) is 2.42. The quantitative estimate of drug-likeness (QED) is 0.802. The van der Waals surface area contributed by atoms with E-state index in [0.29, 0.717) is 5.92 Å². The number of halogens is 1. The van der Waals surface area contributed by atoms with Crippen LogP contribution in [-0.4, -0.2) is 23.1 Å². The second-order valence-corrected chi connectivity index (χ2v) is 5.71. The summed E-state index contributed by atoms with van der Waals surface area (Å²) in [7, 11) is 0. The highest BCUT2D eigenvalue weighted by atomic mass is 79.9. The molecule has 1 atom stereocenters. The van der Waals surface area contributed by atoms with Crippen LogP contribution in [0, 0.1) is 5.92 Å². The molecule has 19 heavy (non-hydrogen) atoms. The van der Waals surface area contributed by atoms with E-state index in [2.05, 4.69) is 38.1 Å². The number of nitrogens with two attached hydrogens (primary N) is 1. The Morgan fingerprint density at radius 1 is 1.42 bits per heavy atom. The van der Waals surface area contributed by atoms with Crippen molar-refractivity contribution >= 4 is 32.7 Å². The Labute approximate surface area is 121 Å². The van der Waals surface area contributed by atoms with Gasteiger partial charge in [0.15, 0.2) is 0 Å². The van der Waals surface area contributed by atoms with E-state index < -0.39 is 0 Å². The van der Waals surface area contributed by atoms with Gasteiger partial charge in [-0.05, 0) is 53.4 Å². The van der Waals surface area contributed by atoms with E-state index in [4.69, 9.17) is 5.73 Å². The molecule has 0 aliphatic carbocycles. The lowest BCUT2D eigenvalue weighted by atomic mass is 10.1. The van der Waals surface area contributed by atoms with Gasteiger partial charge in [-0.1, -0.05) is 6.92 Å². The second-order valence-electron chi connectivity index (χ2n) is 4.79. The van der Waals surface area contributed by atoms with Gasteiger partial charge in [0.2, 0.25) is 0 Å². The predicted octanol–water partition coefficient (Wildman–Crippen LogP) is 3.18. The Hall–Kier alpha value is -1.20. The van der Waals surface area contributed by atoms with Crippen LogP contribution in [0.25, 0.3) is 11.0 Å². The number of fused-ring (bicyclic) bond motifs is 1. The van der Waals surface area contributed by atoms with Crippen molar-refractivity contribution in [2.24, 2.45) is 11.7 Å². The highest BCUT2D eigenvalue weighted by Gasteiger charge is 2.04. The molecule has 0 saturated heterocycles. The van der Waals surface area contributed by atoms with Gasteiger partial charge in [0.1, 0.15) is 5.52 Å².